The molecule has 0 N–H and O–H groups in total. The molecule has 4 aromatic carbocycles. The van der Waals surface area contributed by atoms with Crippen LogP contribution in [0.25, 0.3) is 22.3 Å². The molecule has 234 valence electrons. The van der Waals surface area contributed by atoms with Crippen molar-refractivity contribution in [2.45, 2.75) is 47.1 Å². The lowest BCUT2D eigenvalue weighted by atomic mass is 9.96. The van der Waals surface area contributed by atoms with E-state index in [2.05, 4.69) is 35.8 Å². The molecule has 5 rings (SSSR count). The summed E-state index contributed by atoms with van der Waals surface area (Å²) in [6.45, 7) is 11.2. The third kappa shape index (κ3) is 6.82. The summed E-state index contributed by atoms with van der Waals surface area (Å²) in [6.07, 6.45) is 1.61. The molecule has 0 saturated carbocycles. The van der Waals surface area contributed by atoms with Gasteiger partial charge in [-0.1, -0.05) is 44.2 Å². The lowest BCUT2D eigenvalue weighted by Gasteiger charge is -2.18. The summed E-state index contributed by atoms with van der Waals surface area (Å²) in [7, 11) is 0. The first-order valence-electron chi connectivity index (χ1n) is 15.2. The Labute approximate surface area is 277 Å². The third-order valence-corrected chi connectivity index (χ3v) is 8.16. The van der Waals surface area contributed by atoms with E-state index < -0.39 is 0 Å². The van der Waals surface area contributed by atoms with E-state index in [-0.39, 0.29) is 18.1 Å². The van der Waals surface area contributed by atoms with Crippen LogP contribution < -0.4 is 19.8 Å². The maximum atomic E-state index is 13.9. The molecule has 46 heavy (non-hydrogen) atoms. The molecule has 0 saturated heterocycles. The minimum Gasteiger partial charge on any atom is -0.494 e. The number of benzene rings is 4. The third-order valence-electron chi connectivity index (χ3n) is 7.47. The Bertz CT molecular complexity index is 2030. The Morgan fingerprint density at radius 2 is 1.65 bits per heavy atom. The SMILES string of the molecule is CCOc1cc(C=Nn2c(-c3cc(C(C)C)c(OCC)cc3C)nc3ccccc3c2=O)c(Br)cc1OCc1ccccc1C#N. The number of aromatic nitrogens is 2. The van der Waals surface area contributed by atoms with Crippen LogP contribution in [0.5, 0.6) is 17.2 Å². The van der Waals surface area contributed by atoms with Crippen molar-refractivity contribution < 1.29 is 14.2 Å². The van der Waals surface area contributed by atoms with Gasteiger partial charge in [-0.2, -0.15) is 15.0 Å². The number of halogens is 1. The first-order chi connectivity index (χ1) is 22.2. The number of hydrogen-bond donors (Lipinski definition) is 0. The van der Waals surface area contributed by atoms with Gasteiger partial charge < -0.3 is 14.2 Å². The molecule has 8 nitrogen and oxygen atoms in total. The van der Waals surface area contributed by atoms with Crippen molar-refractivity contribution in [1.29, 1.82) is 5.26 Å². The van der Waals surface area contributed by atoms with E-state index in [1.165, 1.54) is 4.68 Å². The highest BCUT2D eigenvalue weighted by Gasteiger charge is 2.19. The molecule has 0 bridgehead atoms. The maximum absolute atomic E-state index is 13.9. The van der Waals surface area contributed by atoms with Gasteiger partial charge in [-0.15, -0.1) is 0 Å². The van der Waals surface area contributed by atoms with Crippen LogP contribution in [0.15, 0.2) is 87.2 Å². The molecule has 0 aliphatic heterocycles. The van der Waals surface area contributed by atoms with Gasteiger partial charge in [0.05, 0.1) is 42.0 Å². The molecule has 5 aromatic rings. The van der Waals surface area contributed by atoms with Crippen LogP contribution in [0.2, 0.25) is 0 Å². The second-order valence-corrected chi connectivity index (χ2v) is 11.8. The average molecular weight is 680 g/mol. The molecule has 0 atom stereocenters. The number of rotatable bonds is 11. The van der Waals surface area contributed by atoms with Gasteiger partial charge in [-0.05, 0) is 96.2 Å². The molecule has 1 heterocycles. The fourth-order valence-electron chi connectivity index (χ4n) is 5.14. The molecule has 0 unspecified atom stereocenters. The van der Waals surface area contributed by atoms with Crippen molar-refractivity contribution in [3.63, 3.8) is 0 Å². The van der Waals surface area contributed by atoms with Crippen LogP contribution in [0.4, 0.5) is 0 Å². The largest absolute Gasteiger partial charge is 0.494 e. The lowest BCUT2D eigenvalue weighted by molar-refractivity contribution is 0.269. The second kappa shape index (κ2) is 14.4. The zero-order valence-electron chi connectivity index (χ0n) is 26.5. The number of para-hydroxylation sites is 1. The van der Waals surface area contributed by atoms with Crippen LogP contribution in [0, 0.1) is 18.3 Å². The van der Waals surface area contributed by atoms with Crippen LogP contribution in [-0.2, 0) is 6.61 Å². The Hall–Kier alpha value is -4.94. The van der Waals surface area contributed by atoms with Crippen LogP contribution >= 0.6 is 15.9 Å². The first kappa shape index (κ1) is 32.5. The Kier molecular flexibility index (Phi) is 10.2. The standard InChI is InChI=1S/C37H35BrN4O4/c1-6-44-33-16-24(5)30(18-29(33)23(3)4)36-41-32-15-11-10-14-28(32)37(43)42(36)40-21-27-17-34(45-7-2)35(19-31(27)38)46-22-26-13-9-8-12-25(26)20-39/h8-19,21,23H,6-7,22H2,1-5H3. The highest BCUT2D eigenvalue weighted by molar-refractivity contribution is 9.10. The summed E-state index contributed by atoms with van der Waals surface area (Å²) in [4.78, 5) is 18.9. The normalized spacial score (nSPS) is 11.3. The number of fused-ring (bicyclic) bond motifs is 1. The van der Waals surface area contributed by atoms with Crippen LogP contribution in [0.3, 0.4) is 0 Å². The topological polar surface area (TPSA) is 98.7 Å². The lowest BCUT2D eigenvalue weighted by Crippen LogP contribution is -2.21. The van der Waals surface area contributed by atoms with E-state index in [4.69, 9.17) is 24.3 Å². The van der Waals surface area contributed by atoms with Crippen molar-refractivity contribution in [3.8, 4) is 34.7 Å². The first-order valence-corrected chi connectivity index (χ1v) is 16.0. The Balaban J connectivity index is 1.60. The zero-order valence-corrected chi connectivity index (χ0v) is 28.1. The van der Waals surface area contributed by atoms with Gasteiger partial charge in [0, 0.05) is 21.2 Å². The molecular formula is C37H35BrN4O4. The van der Waals surface area contributed by atoms with Crippen molar-refractivity contribution in [1.82, 2.24) is 9.66 Å². The maximum Gasteiger partial charge on any atom is 0.282 e. The molecular weight excluding hydrogens is 644 g/mol. The number of nitrogens with zero attached hydrogens (tertiary/aromatic N) is 4. The number of ether oxygens (including phenoxy) is 3. The number of aryl methyl sites for hydroxylation is 1. The van der Waals surface area contributed by atoms with Gasteiger partial charge in [0.15, 0.2) is 17.3 Å². The fourth-order valence-corrected chi connectivity index (χ4v) is 5.56. The smallest absolute Gasteiger partial charge is 0.282 e. The summed E-state index contributed by atoms with van der Waals surface area (Å²) >= 11 is 3.65. The minimum absolute atomic E-state index is 0.187. The molecule has 1 aromatic heterocycles. The Morgan fingerprint density at radius 1 is 0.957 bits per heavy atom. The summed E-state index contributed by atoms with van der Waals surface area (Å²) in [6, 6.07) is 24.4. The molecule has 0 fully saturated rings. The van der Waals surface area contributed by atoms with E-state index in [0.717, 1.165) is 28.0 Å². The quantitative estimate of drug-likeness (QED) is 0.130. The van der Waals surface area contributed by atoms with Crippen molar-refractivity contribution in [3.05, 3.63) is 115 Å². The van der Waals surface area contributed by atoms with Gasteiger partial charge in [0.25, 0.3) is 5.56 Å². The highest BCUT2D eigenvalue weighted by atomic mass is 79.9. The van der Waals surface area contributed by atoms with Crippen molar-refractivity contribution in [2.75, 3.05) is 13.2 Å². The van der Waals surface area contributed by atoms with Gasteiger partial charge in [-0.3, -0.25) is 4.79 Å². The molecule has 0 aliphatic carbocycles. The minimum atomic E-state index is -0.284. The molecule has 0 aliphatic rings. The zero-order chi connectivity index (χ0) is 32.8. The molecule has 9 heteroatoms. The second-order valence-electron chi connectivity index (χ2n) is 10.9. The van der Waals surface area contributed by atoms with Gasteiger partial charge in [0.1, 0.15) is 12.4 Å². The average Bonchev–Trinajstić information content (AvgIpc) is 3.05. The van der Waals surface area contributed by atoms with Gasteiger partial charge in [-0.25, -0.2) is 4.98 Å². The molecule has 0 amide bonds. The van der Waals surface area contributed by atoms with E-state index in [1.807, 2.05) is 69.3 Å². The fraction of sp³-hybridized carbons (Fsp3) is 0.243. The van der Waals surface area contributed by atoms with Crippen LogP contribution in [-0.4, -0.2) is 29.1 Å². The predicted octanol–water partition coefficient (Wildman–Crippen LogP) is 8.39. The monoisotopic (exact) mass is 678 g/mol. The number of hydrogen-bond acceptors (Lipinski definition) is 7. The van der Waals surface area contributed by atoms with E-state index in [0.29, 0.717) is 57.0 Å². The van der Waals surface area contributed by atoms with Gasteiger partial charge >= 0.3 is 0 Å². The summed E-state index contributed by atoms with van der Waals surface area (Å²) < 4.78 is 20.0. The van der Waals surface area contributed by atoms with Crippen molar-refractivity contribution >= 4 is 33.0 Å². The summed E-state index contributed by atoms with van der Waals surface area (Å²) in [5, 5.41) is 14.6. The van der Waals surface area contributed by atoms with Gasteiger partial charge in [0.2, 0.25) is 0 Å². The van der Waals surface area contributed by atoms with E-state index in [9.17, 15) is 10.1 Å². The van der Waals surface area contributed by atoms with Crippen LogP contribution in [0.1, 0.15) is 61.4 Å². The Morgan fingerprint density at radius 3 is 2.39 bits per heavy atom. The predicted molar refractivity (Wildman–Crippen MR) is 185 cm³/mol. The van der Waals surface area contributed by atoms with E-state index in [1.54, 1.807) is 30.5 Å². The highest BCUT2D eigenvalue weighted by Crippen LogP contribution is 2.36. The number of nitriles is 1. The molecule has 0 spiro atoms. The molecule has 0 radical (unpaired) electrons. The van der Waals surface area contributed by atoms with E-state index >= 15 is 0 Å². The van der Waals surface area contributed by atoms with Crippen molar-refractivity contribution in [2.24, 2.45) is 5.10 Å². The summed E-state index contributed by atoms with van der Waals surface area (Å²) in [5.74, 6) is 2.46. The summed E-state index contributed by atoms with van der Waals surface area (Å²) in [5.41, 5.74) is 5.04.